The highest BCUT2D eigenvalue weighted by molar-refractivity contribution is 5.68. The van der Waals surface area contributed by atoms with E-state index in [4.69, 9.17) is 14.0 Å². The van der Waals surface area contributed by atoms with Crippen LogP contribution in [0.2, 0.25) is 0 Å². The van der Waals surface area contributed by atoms with E-state index in [-0.39, 0.29) is 12.1 Å². The molecule has 112 valence electrons. The largest absolute Gasteiger partial charge is 0.450 e. The molecule has 1 aromatic rings. The lowest BCUT2D eigenvalue weighted by molar-refractivity contribution is 0.115. The molecule has 0 spiro atoms. The predicted octanol–water partition coefficient (Wildman–Crippen LogP) is 0.536. The number of carbonyl (C=O) groups excluding carboxylic acids is 1. The van der Waals surface area contributed by atoms with Gasteiger partial charge in [0.1, 0.15) is 6.61 Å². The van der Waals surface area contributed by atoms with Gasteiger partial charge < -0.3 is 24.2 Å². The van der Waals surface area contributed by atoms with Crippen LogP contribution in [0, 0.1) is 0 Å². The summed E-state index contributed by atoms with van der Waals surface area (Å²) in [6, 6.07) is 0.220. The number of hydrogen-bond donors (Lipinski definition) is 1. The van der Waals surface area contributed by atoms with Crippen LogP contribution in [-0.4, -0.2) is 54.0 Å². The van der Waals surface area contributed by atoms with Gasteiger partial charge in [0.2, 0.25) is 5.89 Å². The number of nitrogens with zero attached hydrogens (tertiary/aromatic N) is 3. The fraction of sp³-hybridized carbons (Fsp3) is 0.750. The van der Waals surface area contributed by atoms with Crippen LogP contribution in [-0.2, 0) is 22.6 Å². The third-order valence-corrected chi connectivity index (χ3v) is 3.04. The molecule has 8 heteroatoms. The Labute approximate surface area is 117 Å². The van der Waals surface area contributed by atoms with Gasteiger partial charge in [0, 0.05) is 26.2 Å². The van der Waals surface area contributed by atoms with E-state index in [1.807, 2.05) is 0 Å². The Morgan fingerprint density at radius 1 is 1.60 bits per heavy atom. The van der Waals surface area contributed by atoms with Crippen molar-refractivity contribution in [2.45, 2.75) is 32.5 Å². The van der Waals surface area contributed by atoms with Gasteiger partial charge in [0.05, 0.1) is 13.2 Å². The van der Waals surface area contributed by atoms with Crippen LogP contribution in [0.15, 0.2) is 4.52 Å². The minimum atomic E-state index is -0.253. The molecule has 1 aliphatic heterocycles. The molecule has 2 heterocycles. The Morgan fingerprint density at radius 2 is 2.45 bits per heavy atom. The topological polar surface area (TPSA) is 89.7 Å². The second kappa shape index (κ2) is 7.20. The molecule has 1 atom stereocenters. The SMILES string of the molecule is CCOC(=O)N1CC[C@@H](NCc2nc(COC)no2)C1. The number of amides is 1. The quantitative estimate of drug-likeness (QED) is 0.815. The lowest BCUT2D eigenvalue weighted by Crippen LogP contribution is -2.35. The van der Waals surface area contributed by atoms with Gasteiger partial charge in [-0.15, -0.1) is 0 Å². The molecule has 1 fully saturated rings. The van der Waals surface area contributed by atoms with Crippen molar-refractivity contribution in [1.82, 2.24) is 20.4 Å². The fourth-order valence-corrected chi connectivity index (χ4v) is 2.09. The Morgan fingerprint density at radius 3 is 3.20 bits per heavy atom. The van der Waals surface area contributed by atoms with Gasteiger partial charge in [-0.05, 0) is 13.3 Å². The van der Waals surface area contributed by atoms with E-state index in [0.29, 0.717) is 44.6 Å². The summed E-state index contributed by atoms with van der Waals surface area (Å²) in [7, 11) is 1.58. The van der Waals surface area contributed by atoms with E-state index in [9.17, 15) is 4.79 Å². The fourth-order valence-electron chi connectivity index (χ4n) is 2.09. The lowest BCUT2D eigenvalue weighted by Gasteiger charge is -2.15. The third kappa shape index (κ3) is 3.91. The normalized spacial score (nSPS) is 18.5. The molecule has 1 aliphatic rings. The Balaban J connectivity index is 1.73. The molecule has 1 amide bonds. The average molecular weight is 284 g/mol. The van der Waals surface area contributed by atoms with Crippen molar-refractivity contribution in [2.75, 3.05) is 26.8 Å². The monoisotopic (exact) mass is 284 g/mol. The highest BCUT2D eigenvalue weighted by Gasteiger charge is 2.26. The van der Waals surface area contributed by atoms with Gasteiger partial charge in [0.25, 0.3) is 0 Å². The standard InChI is InChI=1S/C12H20N4O4/c1-3-19-12(17)16-5-4-9(7-16)13-6-11-14-10(8-18-2)15-20-11/h9,13H,3-8H2,1-2H3/t9-/m1/s1. The van der Waals surface area contributed by atoms with Crippen molar-refractivity contribution in [3.05, 3.63) is 11.7 Å². The summed E-state index contributed by atoms with van der Waals surface area (Å²) in [6.45, 7) is 4.36. The molecule has 1 N–H and O–H groups in total. The van der Waals surface area contributed by atoms with Crippen LogP contribution < -0.4 is 5.32 Å². The summed E-state index contributed by atoms with van der Waals surface area (Å²) in [5, 5.41) is 7.08. The van der Waals surface area contributed by atoms with E-state index in [1.165, 1.54) is 0 Å². The number of nitrogens with one attached hydrogen (secondary N) is 1. The number of ether oxygens (including phenoxy) is 2. The zero-order valence-electron chi connectivity index (χ0n) is 11.8. The Kier molecular flexibility index (Phi) is 5.31. The van der Waals surface area contributed by atoms with E-state index in [0.717, 1.165) is 6.42 Å². The molecular weight excluding hydrogens is 264 g/mol. The second-order valence-corrected chi connectivity index (χ2v) is 4.55. The average Bonchev–Trinajstić information content (AvgIpc) is 3.06. The van der Waals surface area contributed by atoms with Crippen molar-refractivity contribution in [1.29, 1.82) is 0 Å². The van der Waals surface area contributed by atoms with Crippen molar-refractivity contribution in [2.24, 2.45) is 0 Å². The third-order valence-electron chi connectivity index (χ3n) is 3.04. The molecule has 0 aliphatic carbocycles. The first-order valence-corrected chi connectivity index (χ1v) is 6.68. The van der Waals surface area contributed by atoms with Gasteiger partial charge in [0.15, 0.2) is 5.82 Å². The van der Waals surface area contributed by atoms with Gasteiger partial charge in [-0.2, -0.15) is 4.98 Å². The molecule has 1 aromatic heterocycles. The maximum atomic E-state index is 11.6. The molecule has 0 aromatic carbocycles. The molecule has 0 radical (unpaired) electrons. The van der Waals surface area contributed by atoms with E-state index >= 15 is 0 Å². The first-order valence-electron chi connectivity index (χ1n) is 6.68. The Hall–Kier alpha value is -1.67. The van der Waals surface area contributed by atoms with Gasteiger partial charge in [-0.1, -0.05) is 5.16 Å². The lowest BCUT2D eigenvalue weighted by atomic mass is 10.2. The highest BCUT2D eigenvalue weighted by Crippen LogP contribution is 2.11. The molecule has 8 nitrogen and oxygen atoms in total. The van der Waals surface area contributed by atoms with Crippen LogP contribution in [0.3, 0.4) is 0 Å². The number of rotatable bonds is 6. The predicted molar refractivity (Wildman–Crippen MR) is 68.9 cm³/mol. The summed E-state index contributed by atoms with van der Waals surface area (Å²) in [5.41, 5.74) is 0. The van der Waals surface area contributed by atoms with Gasteiger partial charge in [-0.3, -0.25) is 0 Å². The van der Waals surface area contributed by atoms with Crippen molar-refractivity contribution >= 4 is 6.09 Å². The first kappa shape index (κ1) is 14.7. The van der Waals surface area contributed by atoms with Crippen molar-refractivity contribution < 1.29 is 18.8 Å². The molecular formula is C12H20N4O4. The summed E-state index contributed by atoms with van der Waals surface area (Å²) < 4.78 is 15.0. The Bertz CT molecular complexity index is 437. The number of likely N-dealkylation sites (tertiary alicyclic amines) is 1. The molecule has 20 heavy (non-hydrogen) atoms. The van der Waals surface area contributed by atoms with Gasteiger partial charge in [-0.25, -0.2) is 4.79 Å². The second-order valence-electron chi connectivity index (χ2n) is 4.55. The number of hydrogen-bond acceptors (Lipinski definition) is 7. The van der Waals surface area contributed by atoms with Crippen LogP contribution in [0.25, 0.3) is 0 Å². The maximum Gasteiger partial charge on any atom is 0.409 e. The van der Waals surface area contributed by atoms with Crippen LogP contribution in [0.4, 0.5) is 4.79 Å². The van der Waals surface area contributed by atoms with Crippen molar-refractivity contribution in [3.8, 4) is 0 Å². The van der Waals surface area contributed by atoms with Crippen molar-refractivity contribution in [3.63, 3.8) is 0 Å². The van der Waals surface area contributed by atoms with Crippen LogP contribution in [0.1, 0.15) is 25.1 Å². The maximum absolute atomic E-state index is 11.6. The summed E-state index contributed by atoms with van der Waals surface area (Å²) in [6.07, 6.45) is 0.634. The summed E-state index contributed by atoms with van der Waals surface area (Å²) >= 11 is 0. The smallest absolute Gasteiger partial charge is 0.409 e. The minimum absolute atomic E-state index is 0.220. The molecule has 0 saturated carbocycles. The van der Waals surface area contributed by atoms with E-state index < -0.39 is 0 Å². The highest BCUT2D eigenvalue weighted by atomic mass is 16.6. The first-order chi connectivity index (χ1) is 9.72. The van der Waals surface area contributed by atoms with Crippen LogP contribution >= 0.6 is 0 Å². The minimum Gasteiger partial charge on any atom is -0.450 e. The number of methoxy groups -OCH3 is 1. The van der Waals surface area contributed by atoms with E-state index in [2.05, 4.69) is 15.5 Å². The molecule has 0 bridgehead atoms. The molecule has 1 saturated heterocycles. The van der Waals surface area contributed by atoms with E-state index in [1.54, 1.807) is 18.9 Å². The zero-order valence-corrected chi connectivity index (χ0v) is 11.8. The summed E-state index contributed by atoms with van der Waals surface area (Å²) in [4.78, 5) is 17.4. The van der Waals surface area contributed by atoms with Gasteiger partial charge >= 0.3 is 6.09 Å². The van der Waals surface area contributed by atoms with Crippen LogP contribution in [0.5, 0.6) is 0 Å². The number of aromatic nitrogens is 2. The zero-order chi connectivity index (χ0) is 14.4. The molecule has 0 unspecified atom stereocenters. The number of carbonyl (C=O) groups is 1. The summed E-state index contributed by atoms with van der Waals surface area (Å²) in [5.74, 6) is 1.05. The molecule has 2 rings (SSSR count).